The molecule has 0 aliphatic heterocycles. The van der Waals surface area contributed by atoms with Gasteiger partial charge in [-0.1, -0.05) is 73.7 Å². The van der Waals surface area contributed by atoms with Crippen LogP contribution in [0.5, 0.6) is 5.75 Å². The van der Waals surface area contributed by atoms with E-state index in [4.69, 9.17) is 4.74 Å². The summed E-state index contributed by atoms with van der Waals surface area (Å²) in [5, 5.41) is 0. The maximum atomic E-state index is 14.5. The molecule has 0 aliphatic rings. The Bertz CT molecular complexity index is 882. The number of hydrogen-bond acceptors (Lipinski definition) is 1. The molecule has 0 fully saturated rings. The van der Waals surface area contributed by atoms with E-state index in [0.29, 0.717) is 13.0 Å². The SMILES string of the molecule is CCOc1ccc(C=Cc2ccc(C[C@@H](C)c3ccccc3)c(F)c2)cc1. The zero-order chi connectivity index (χ0) is 19.1. The highest BCUT2D eigenvalue weighted by Gasteiger charge is 2.10. The molecule has 0 bridgehead atoms. The van der Waals surface area contributed by atoms with Crippen LogP contribution in [0.1, 0.15) is 42.0 Å². The Kier molecular flexibility index (Phi) is 6.43. The molecule has 0 radical (unpaired) electrons. The van der Waals surface area contributed by atoms with Crippen molar-refractivity contribution in [2.24, 2.45) is 0 Å². The van der Waals surface area contributed by atoms with Gasteiger partial charge in [-0.15, -0.1) is 0 Å². The summed E-state index contributed by atoms with van der Waals surface area (Å²) in [4.78, 5) is 0. The molecule has 0 aliphatic carbocycles. The summed E-state index contributed by atoms with van der Waals surface area (Å²) < 4.78 is 20.0. The fraction of sp³-hybridized carbons (Fsp3) is 0.200. The highest BCUT2D eigenvalue weighted by molar-refractivity contribution is 5.70. The van der Waals surface area contributed by atoms with Crippen molar-refractivity contribution in [1.82, 2.24) is 0 Å². The van der Waals surface area contributed by atoms with Gasteiger partial charge in [-0.05, 0) is 59.7 Å². The van der Waals surface area contributed by atoms with E-state index in [1.54, 1.807) is 6.07 Å². The monoisotopic (exact) mass is 360 g/mol. The van der Waals surface area contributed by atoms with Crippen molar-refractivity contribution in [2.75, 3.05) is 6.61 Å². The van der Waals surface area contributed by atoms with Crippen molar-refractivity contribution in [2.45, 2.75) is 26.2 Å². The highest BCUT2D eigenvalue weighted by atomic mass is 19.1. The minimum absolute atomic E-state index is 0.147. The first-order valence-electron chi connectivity index (χ1n) is 9.40. The summed E-state index contributed by atoms with van der Waals surface area (Å²) in [5.74, 6) is 0.996. The van der Waals surface area contributed by atoms with Gasteiger partial charge in [0.25, 0.3) is 0 Å². The number of benzene rings is 3. The second-order valence-electron chi connectivity index (χ2n) is 6.70. The van der Waals surface area contributed by atoms with Crippen molar-refractivity contribution in [3.05, 3.63) is 101 Å². The molecule has 1 nitrogen and oxygen atoms in total. The van der Waals surface area contributed by atoms with E-state index >= 15 is 0 Å². The Morgan fingerprint density at radius 1 is 0.889 bits per heavy atom. The molecule has 0 amide bonds. The standard InChI is InChI=1S/C25H25FO/c1-3-27-24-15-12-20(13-16-24)9-10-21-11-14-23(25(26)18-21)17-19(2)22-7-5-4-6-8-22/h4-16,18-19H,3,17H2,1-2H3/t19-/m1/s1. The number of halogens is 1. The van der Waals surface area contributed by atoms with Gasteiger partial charge in [0.1, 0.15) is 11.6 Å². The molecule has 3 aromatic carbocycles. The lowest BCUT2D eigenvalue weighted by Crippen LogP contribution is -2.00. The summed E-state index contributed by atoms with van der Waals surface area (Å²) in [6.45, 7) is 4.75. The molecule has 3 aromatic rings. The van der Waals surface area contributed by atoms with Crippen LogP contribution >= 0.6 is 0 Å². The summed E-state index contributed by atoms with van der Waals surface area (Å²) in [6, 6.07) is 23.6. The van der Waals surface area contributed by atoms with Crippen molar-refractivity contribution in [3.8, 4) is 5.75 Å². The summed E-state index contributed by atoms with van der Waals surface area (Å²) in [7, 11) is 0. The fourth-order valence-electron chi connectivity index (χ4n) is 3.10. The highest BCUT2D eigenvalue weighted by Crippen LogP contribution is 2.23. The predicted molar refractivity (Wildman–Crippen MR) is 112 cm³/mol. The maximum Gasteiger partial charge on any atom is 0.127 e. The van der Waals surface area contributed by atoms with Crippen LogP contribution in [0.25, 0.3) is 12.2 Å². The van der Waals surface area contributed by atoms with Gasteiger partial charge in [-0.25, -0.2) is 4.39 Å². The Labute approximate surface area is 161 Å². The molecule has 27 heavy (non-hydrogen) atoms. The van der Waals surface area contributed by atoms with Crippen molar-refractivity contribution < 1.29 is 9.13 Å². The van der Waals surface area contributed by atoms with Gasteiger partial charge in [0.2, 0.25) is 0 Å². The van der Waals surface area contributed by atoms with Crippen molar-refractivity contribution >= 4 is 12.2 Å². The van der Waals surface area contributed by atoms with Crippen LogP contribution in [0.15, 0.2) is 72.8 Å². The molecule has 3 rings (SSSR count). The zero-order valence-electron chi connectivity index (χ0n) is 15.9. The normalized spacial score (nSPS) is 12.3. The Morgan fingerprint density at radius 3 is 2.22 bits per heavy atom. The first kappa shape index (κ1) is 18.9. The van der Waals surface area contributed by atoms with Gasteiger partial charge in [-0.3, -0.25) is 0 Å². The van der Waals surface area contributed by atoms with Gasteiger partial charge in [-0.2, -0.15) is 0 Å². The van der Waals surface area contributed by atoms with Gasteiger partial charge >= 0.3 is 0 Å². The third-order valence-corrected chi connectivity index (χ3v) is 4.63. The first-order valence-corrected chi connectivity index (χ1v) is 9.40. The topological polar surface area (TPSA) is 9.23 Å². The van der Waals surface area contributed by atoms with Crippen LogP contribution in [0.2, 0.25) is 0 Å². The molecule has 0 heterocycles. The summed E-state index contributed by atoms with van der Waals surface area (Å²) in [5.41, 5.74) is 3.90. The van der Waals surface area contributed by atoms with E-state index in [0.717, 1.165) is 22.4 Å². The van der Waals surface area contributed by atoms with E-state index in [2.05, 4.69) is 19.1 Å². The van der Waals surface area contributed by atoms with Crippen LogP contribution in [-0.2, 0) is 6.42 Å². The average molecular weight is 360 g/mol. The molecule has 0 unspecified atom stereocenters. The lowest BCUT2D eigenvalue weighted by molar-refractivity contribution is 0.340. The molecule has 0 aromatic heterocycles. The molecule has 0 N–H and O–H groups in total. The van der Waals surface area contributed by atoms with Crippen LogP contribution in [-0.4, -0.2) is 6.61 Å². The fourth-order valence-corrected chi connectivity index (χ4v) is 3.10. The van der Waals surface area contributed by atoms with E-state index in [1.807, 2.05) is 73.7 Å². The van der Waals surface area contributed by atoms with Crippen LogP contribution in [0.4, 0.5) is 4.39 Å². The molecule has 2 heteroatoms. The number of ether oxygens (including phenoxy) is 1. The second-order valence-corrected chi connectivity index (χ2v) is 6.70. The molecule has 1 atom stereocenters. The third kappa shape index (κ3) is 5.30. The van der Waals surface area contributed by atoms with Gasteiger partial charge in [0, 0.05) is 0 Å². The van der Waals surface area contributed by atoms with Crippen LogP contribution < -0.4 is 4.74 Å². The third-order valence-electron chi connectivity index (χ3n) is 4.63. The summed E-state index contributed by atoms with van der Waals surface area (Å²) in [6.07, 6.45) is 4.61. The van der Waals surface area contributed by atoms with E-state index in [9.17, 15) is 4.39 Å². The molecular formula is C25H25FO. The number of hydrogen-bond donors (Lipinski definition) is 0. The average Bonchev–Trinajstić information content (AvgIpc) is 2.70. The predicted octanol–water partition coefficient (Wildman–Crippen LogP) is 6.74. The zero-order valence-corrected chi connectivity index (χ0v) is 15.9. The number of rotatable bonds is 7. The van der Waals surface area contributed by atoms with Crippen LogP contribution in [0.3, 0.4) is 0 Å². The minimum atomic E-state index is -0.147. The van der Waals surface area contributed by atoms with E-state index < -0.39 is 0 Å². The molecular weight excluding hydrogens is 335 g/mol. The Balaban J connectivity index is 1.67. The van der Waals surface area contributed by atoms with Gasteiger partial charge in [0.05, 0.1) is 6.61 Å². The Morgan fingerprint density at radius 2 is 1.56 bits per heavy atom. The first-order chi connectivity index (χ1) is 13.2. The molecule has 0 saturated heterocycles. The second kappa shape index (κ2) is 9.18. The lowest BCUT2D eigenvalue weighted by atomic mass is 9.93. The Hall–Kier alpha value is -2.87. The van der Waals surface area contributed by atoms with Crippen molar-refractivity contribution in [3.63, 3.8) is 0 Å². The maximum absolute atomic E-state index is 14.5. The van der Waals surface area contributed by atoms with Gasteiger partial charge < -0.3 is 4.74 Å². The molecule has 138 valence electrons. The lowest BCUT2D eigenvalue weighted by Gasteiger charge is -2.13. The largest absolute Gasteiger partial charge is 0.494 e. The van der Waals surface area contributed by atoms with Gasteiger partial charge in [0.15, 0.2) is 0 Å². The minimum Gasteiger partial charge on any atom is -0.494 e. The van der Waals surface area contributed by atoms with Crippen LogP contribution in [0, 0.1) is 5.82 Å². The quantitative estimate of drug-likeness (QED) is 0.424. The van der Waals surface area contributed by atoms with E-state index in [-0.39, 0.29) is 11.7 Å². The summed E-state index contributed by atoms with van der Waals surface area (Å²) >= 11 is 0. The molecule has 0 saturated carbocycles. The van der Waals surface area contributed by atoms with E-state index in [1.165, 1.54) is 5.56 Å². The molecule has 0 spiro atoms. The smallest absolute Gasteiger partial charge is 0.127 e. The van der Waals surface area contributed by atoms with Crippen molar-refractivity contribution in [1.29, 1.82) is 0 Å².